The largest absolute Gasteiger partial charge is 0.493 e. The molecule has 0 unspecified atom stereocenters. The van der Waals surface area contributed by atoms with E-state index in [0.29, 0.717) is 118 Å². The first-order chi connectivity index (χ1) is 28.9. The third kappa shape index (κ3) is 10.4. The van der Waals surface area contributed by atoms with Crippen molar-refractivity contribution >= 4 is 58.2 Å². The quantitative estimate of drug-likeness (QED) is 0.138. The van der Waals surface area contributed by atoms with Gasteiger partial charge in [-0.05, 0) is 36.8 Å². The van der Waals surface area contributed by atoms with Gasteiger partial charge in [0.1, 0.15) is 45.6 Å². The number of benzene rings is 2. The molecular formula is C41H42Cl4N2O13. The molecular weight excluding hydrogens is 870 g/mol. The molecule has 2 fully saturated rings. The van der Waals surface area contributed by atoms with E-state index in [0.717, 1.165) is 5.56 Å². The van der Waals surface area contributed by atoms with Crippen molar-refractivity contribution in [2.45, 2.75) is 13.3 Å². The Morgan fingerprint density at radius 2 is 0.983 bits per heavy atom. The third-order valence-corrected chi connectivity index (χ3v) is 11.2. The maximum atomic E-state index is 13.1. The van der Waals surface area contributed by atoms with Gasteiger partial charge in [0.25, 0.3) is 0 Å². The van der Waals surface area contributed by atoms with Crippen molar-refractivity contribution in [2.75, 3.05) is 87.8 Å². The first kappa shape index (κ1) is 45.2. The maximum absolute atomic E-state index is 13.1. The summed E-state index contributed by atoms with van der Waals surface area (Å²) in [7, 11) is 4.38. The van der Waals surface area contributed by atoms with Gasteiger partial charge in [0, 0.05) is 36.8 Å². The zero-order valence-electron chi connectivity index (χ0n) is 33.1. The lowest BCUT2D eigenvalue weighted by atomic mass is 9.92. The van der Waals surface area contributed by atoms with E-state index < -0.39 is 16.8 Å². The minimum Gasteiger partial charge on any atom is -0.493 e. The van der Waals surface area contributed by atoms with Gasteiger partial charge >= 0.3 is 5.97 Å². The molecule has 2 aromatic heterocycles. The Hall–Kier alpha value is -4.32. The number of nitrogens with zero attached hydrogens (tertiary/aromatic N) is 2. The van der Waals surface area contributed by atoms with Crippen LogP contribution in [-0.4, -0.2) is 109 Å². The number of aromatic nitrogens is 2. The Labute approximate surface area is 366 Å². The van der Waals surface area contributed by atoms with E-state index in [1.807, 2.05) is 6.92 Å². The smallest absolute Gasteiger partial charge is 0.341 e. The minimum absolute atomic E-state index is 0.000317. The van der Waals surface area contributed by atoms with Gasteiger partial charge in [-0.3, -0.25) is 14.8 Å². The SMILES string of the molecule is COC(=O)c1ccc(OC)c2c1OCC1(COCOC1)CO2.COc1ccc(C(=O)Cc2c(Cl)cncc2Cl)c2c1OCC1(COCOC1)CO2.Cc1c(Cl)cncc1Cl. The van der Waals surface area contributed by atoms with E-state index in [4.69, 9.17) is 98.5 Å². The molecule has 8 rings (SSSR count). The second-order valence-corrected chi connectivity index (χ2v) is 15.8. The molecule has 0 aliphatic carbocycles. The van der Waals surface area contributed by atoms with Crippen LogP contribution in [0.3, 0.4) is 0 Å². The zero-order valence-corrected chi connectivity index (χ0v) is 36.1. The van der Waals surface area contributed by atoms with E-state index in [-0.39, 0.29) is 32.4 Å². The lowest BCUT2D eigenvalue weighted by Gasteiger charge is -2.33. The number of ketones is 1. The maximum Gasteiger partial charge on any atom is 0.341 e. The van der Waals surface area contributed by atoms with Crippen LogP contribution in [0.1, 0.15) is 31.8 Å². The molecule has 2 spiro atoms. The number of halogens is 4. The van der Waals surface area contributed by atoms with Crippen molar-refractivity contribution in [3.63, 3.8) is 0 Å². The van der Waals surface area contributed by atoms with Crippen molar-refractivity contribution in [1.82, 2.24) is 9.97 Å². The molecule has 0 bridgehead atoms. The van der Waals surface area contributed by atoms with Crippen LogP contribution in [0.15, 0.2) is 49.1 Å². The Kier molecular flexibility index (Phi) is 15.4. The highest BCUT2D eigenvalue weighted by molar-refractivity contribution is 6.36. The summed E-state index contributed by atoms with van der Waals surface area (Å²) in [5.41, 5.74) is 1.19. The van der Waals surface area contributed by atoms with E-state index >= 15 is 0 Å². The molecule has 2 saturated heterocycles. The van der Waals surface area contributed by atoms with Crippen molar-refractivity contribution < 1.29 is 61.7 Å². The van der Waals surface area contributed by atoms with Gasteiger partial charge in [-0.15, -0.1) is 0 Å². The molecule has 0 atom stereocenters. The van der Waals surface area contributed by atoms with Crippen molar-refractivity contribution in [1.29, 1.82) is 0 Å². The predicted molar refractivity (Wildman–Crippen MR) is 219 cm³/mol. The molecule has 6 heterocycles. The second-order valence-electron chi connectivity index (χ2n) is 14.1. The number of hydrogen-bond acceptors (Lipinski definition) is 15. The van der Waals surface area contributed by atoms with Crippen LogP contribution in [0.2, 0.25) is 20.1 Å². The highest BCUT2D eigenvalue weighted by Crippen LogP contribution is 2.46. The van der Waals surface area contributed by atoms with Gasteiger partial charge < -0.3 is 52.1 Å². The summed E-state index contributed by atoms with van der Waals surface area (Å²) in [6.45, 7) is 5.45. The monoisotopic (exact) mass is 910 g/mol. The van der Waals surface area contributed by atoms with Gasteiger partial charge in [0.05, 0.1) is 84.2 Å². The number of carbonyl (C=O) groups is 2. The number of carbonyl (C=O) groups excluding carboxylic acids is 2. The van der Waals surface area contributed by atoms with Gasteiger partial charge in [-0.1, -0.05) is 46.4 Å². The highest BCUT2D eigenvalue weighted by atomic mass is 35.5. The van der Waals surface area contributed by atoms with E-state index in [9.17, 15) is 9.59 Å². The number of fused-ring (bicyclic) bond motifs is 2. The number of hydrogen-bond donors (Lipinski definition) is 0. The number of rotatable bonds is 6. The molecule has 322 valence electrons. The highest BCUT2D eigenvalue weighted by Gasteiger charge is 2.41. The molecule has 0 N–H and O–H groups in total. The van der Waals surface area contributed by atoms with Crippen LogP contribution < -0.4 is 28.4 Å². The van der Waals surface area contributed by atoms with Crippen molar-refractivity contribution in [3.8, 4) is 34.5 Å². The molecule has 0 radical (unpaired) electrons. The number of ether oxygens (including phenoxy) is 11. The van der Waals surface area contributed by atoms with Gasteiger partial charge in [-0.25, -0.2) is 4.79 Å². The molecule has 4 aromatic rings. The fourth-order valence-electron chi connectivity index (χ4n) is 6.35. The lowest BCUT2D eigenvalue weighted by Crippen LogP contribution is -2.45. The Morgan fingerprint density at radius 3 is 1.40 bits per heavy atom. The topological polar surface area (TPSA) is 161 Å². The number of methoxy groups -OCH3 is 3. The number of Topliss-reactive ketones (excluding diaryl/α,β-unsaturated/α-hetero) is 1. The summed E-state index contributed by atoms with van der Waals surface area (Å²) in [5.74, 6) is 1.71. The van der Waals surface area contributed by atoms with Crippen LogP contribution >= 0.6 is 46.4 Å². The van der Waals surface area contributed by atoms with E-state index in [1.165, 1.54) is 33.7 Å². The van der Waals surface area contributed by atoms with Crippen LogP contribution in [-0.2, 0) is 30.1 Å². The van der Waals surface area contributed by atoms with E-state index in [2.05, 4.69) is 9.97 Å². The zero-order chi connectivity index (χ0) is 42.9. The van der Waals surface area contributed by atoms with Crippen LogP contribution in [0.25, 0.3) is 0 Å². The molecule has 4 aliphatic heterocycles. The Balaban J connectivity index is 0.000000171. The molecule has 19 heteroatoms. The fraction of sp³-hybridized carbons (Fsp3) is 0.415. The molecule has 60 heavy (non-hydrogen) atoms. The van der Waals surface area contributed by atoms with Crippen LogP contribution in [0, 0.1) is 17.8 Å². The summed E-state index contributed by atoms with van der Waals surface area (Å²) in [4.78, 5) is 32.7. The Bertz CT molecular complexity index is 2120. The summed E-state index contributed by atoms with van der Waals surface area (Å²) >= 11 is 23.7. The second kappa shape index (κ2) is 20.5. The van der Waals surface area contributed by atoms with Gasteiger partial charge in [0.15, 0.2) is 28.8 Å². The van der Waals surface area contributed by atoms with Gasteiger partial charge in [0.2, 0.25) is 11.5 Å². The molecule has 4 aliphatic rings. The lowest BCUT2D eigenvalue weighted by molar-refractivity contribution is -0.179. The summed E-state index contributed by atoms with van der Waals surface area (Å²) in [6.07, 6.45) is 6.05. The standard InChI is InChI=1S/C20H19Cl2NO6.C15H18O7.C6H5Cl2N/c1-25-17-3-2-12(16(24)4-13-14(21)5-23-6-15(13)22)18-19(17)29-10-20(9-28-18)7-26-11-27-8-20;1-17-11-4-3-10(14(16)18-2)12-13(11)22-8-15(7-21-12)5-19-9-20-6-15;1-4-5(7)2-9-3-6(4)8/h2-3,5-6H,4,7-11H2,1H3;3-4H,5-9H2,1-2H3;2-3H,1H3. The summed E-state index contributed by atoms with van der Waals surface area (Å²) in [6, 6.07) is 6.58. The van der Waals surface area contributed by atoms with E-state index in [1.54, 1.807) is 36.7 Å². The normalized spacial score (nSPS) is 17.1. The molecule has 2 aromatic carbocycles. The average Bonchev–Trinajstić information content (AvgIpc) is 3.57. The molecule has 15 nitrogen and oxygen atoms in total. The molecule has 0 saturated carbocycles. The molecule has 0 amide bonds. The van der Waals surface area contributed by atoms with Crippen molar-refractivity contribution in [3.05, 3.63) is 91.4 Å². The first-order valence-electron chi connectivity index (χ1n) is 18.3. The fourth-order valence-corrected chi connectivity index (χ4v) is 7.21. The van der Waals surface area contributed by atoms with Crippen LogP contribution in [0.4, 0.5) is 0 Å². The average molecular weight is 913 g/mol. The van der Waals surface area contributed by atoms with Crippen LogP contribution in [0.5, 0.6) is 34.5 Å². The Morgan fingerprint density at radius 1 is 0.583 bits per heavy atom. The summed E-state index contributed by atoms with van der Waals surface area (Å²) in [5, 5.41) is 1.89. The minimum atomic E-state index is -0.491. The van der Waals surface area contributed by atoms with Crippen molar-refractivity contribution in [2.24, 2.45) is 10.8 Å². The third-order valence-electron chi connectivity index (χ3n) is 9.74. The first-order valence-corrected chi connectivity index (χ1v) is 19.8. The number of pyridine rings is 2. The predicted octanol–water partition coefficient (Wildman–Crippen LogP) is 7.52. The summed E-state index contributed by atoms with van der Waals surface area (Å²) < 4.78 is 61.0. The van der Waals surface area contributed by atoms with Gasteiger partial charge in [-0.2, -0.15) is 0 Å². The number of esters is 1.